The molecule has 0 bridgehead atoms. The van der Waals surface area contributed by atoms with Crippen LogP contribution in [-0.2, 0) is 11.2 Å². The molecule has 0 saturated heterocycles. The fraction of sp³-hybridized carbons (Fsp3) is 0.471. The maximum Gasteiger partial charge on any atom is 0.247 e. The van der Waals surface area contributed by atoms with Gasteiger partial charge in [-0.1, -0.05) is 6.07 Å². The highest BCUT2D eigenvalue weighted by Crippen LogP contribution is 2.26. The molecule has 1 aromatic rings. The van der Waals surface area contributed by atoms with Gasteiger partial charge in [0, 0.05) is 24.6 Å². The largest absolute Gasteiger partial charge is 0.493 e. The van der Waals surface area contributed by atoms with Crippen molar-refractivity contribution in [2.45, 2.75) is 46.2 Å². The number of ether oxygens (including phenoxy) is 1. The van der Waals surface area contributed by atoms with Gasteiger partial charge in [-0.15, -0.1) is 0 Å². The molecule has 0 fully saturated rings. The molecule has 0 unspecified atom stereocenters. The number of hydrogen-bond donors (Lipinski definition) is 0. The summed E-state index contributed by atoms with van der Waals surface area (Å²) >= 11 is 0. The highest BCUT2D eigenvalue weighted by molar-refractivity contribution is 5.92. The SMILES string of the molecule is CC(C)N(C(=O)C=Cc1ccc2c(c1)CCO2)C(C)C. The first-order chi connectivity index (χ1) is 9.49. The van der Waals surface area contributed by atoms with Crippen molar-refractivity contribution in [1.82, 2.24) is 4.90 Å². The number of hydrogen-bond acceptors (Lipinski definition) is 2. The zero-order chi connectivity index (χ0) is 14.7. The van der Waals surface area contributed by atoms with E-state index in [9.17, 15) is 4.79 Å². The predicted octanol–water partition coefficient (Wildman–Crippen LogP) is 3.28. The van der Waals surface area contributed by atoms with Crippen LogP contribution in [0.4, 0.5) is 0 Å². The van der Waals surface area contributed by atoms with Gasteiger partial charge in [0.2, 0.25) is 5.91 Å². The van der Waals surface area contributed by atoms with E-state index in [0.29, 0.717) is 0 Å². The zero-order valence-electron chi connectivity index (χ0n) is 12.7. The molecule has 0 spiro atoms. The molecular weight excluding hydrogens is 250 g/mol. The van der Waals surface area contributed by atoms with Crippen LogP contribution < -0.4 is 4.74 Å². The minimum Gasteiger partial charge on any atom is -0.493 e. The Morgan fingerprint density at radius 2 is 1.95 bits per heavy atom. The summed E-state index contributed by atoms with van der Waals surface area (Å²) in [6.45, 7) is 8.92. The summed E-state index contributed by atoms with van der Waals surface area (Å²) in [5, 5.41) is 0. The van der Waals surface area contributed by atoms with Crippen LogP contribution in [0.5, 0.6) is 5.75 Å². The molecule has 1 aliphatic rings. The second kappa shape index (κ2) is 6.12. The third-order valence-corrected chi connectivity index (χ3v) is 3.50. The first-order valence-electron chi connectivity index (χ1n) is 7.25. The second-order valence-electron chi connectivity index (χ2n) is 5.73. The van der Waals surface area contributed by atoms with Crippen molar-refractivity contribution < 1.29 is 9.53 Å². The molecule has 1 aliphatic heterocycles. The van der Waals surface area contributed by atoms with E-state index in [-0.39, 0.29) is 18.0 Å². The predicted molar refractivity (Wildman–Crippen MR) is 81.8 cm³/mol. The first kappa shape index (κ1) is 14.6. The van der Waals surface area contributed by atoms with Gasteiger partial charge in [0.15, 0.2) is 0 Å². The smallest absolute Gasteiger partial charge is 0.247 e. The highest BCUT2D eigenvalue weighted by atomic mass is 16.5. The molecule has 0 N–H and O–H groups in total. The van der Waals surface area contributed by atoms with E-state index in [1.807, 2.05) is 50.8 Å². The Morgan fingerprint density at radius 1 is 1.25 bits per heavy atom. The number of nitrogens with zero attached hydrogens (tertiary/aromatic N) is 1. The van der Waals surface area contributed by atoms with Gasteiger partial charge in [-0.05, 0) is 57.0 Å². The molecule has 1 heterocycles. The van der Waals surface area contributed by atoms with Gasteiger partial charge in [-0.2, -0.15) is 0 Å². The lowest BCUT2D eigenvalue weighted by molar-refractivity contribution is -0.129. The van der Waals surface area contributed by atoms with Crippen LogP contribution in [0.25, 0.3) is 6.08 Å². The summed E-state index contributed by atoms with van der Waals surface area (Å²) in [4.78, 5) is 14.1. The molecule has 0 radical (unpaired) electrons. The van der Waals surface area contributed by atoms with Gasteiger partial charge in [0.1, 0.15) is 5.75 Å². The maximum absolute atomic E-state index is 12.2. The second-order valence-corrected chi connectivity index (χ2v) is 5.73. The average Bonchev–Trinajstić information content (AvgIpc) is 2.82. The molecular formula is C17H23NO2. The summed E-state index contributed by atoms with van der Waals surface area (Å²) in [5.41, 5.74) is 2.28. The van der Waals surface area contributed by atoms with E-state index in [1.165, 1.54) is 5.56 Å². The van der Waals surface area contributed by atoms with E-state index in [4.69, 9.17) is 4.74 Å². The standard InChI is InChI=1S/C17H23NO2/c1-12(2)18(13(3)4)17(19)8-6-14-5-7-16-15(11-14)9-10-20-16/h5-8,11-13H,9-10H2,1-4H3. The van der Waals surface area contributed by atoms with Gasteiger partial charge in [-0.3, -0.25) is 4.79 Å². The molecule has 0 saturated carbocycles. The minimum absolute atomic E-state index is 0.0618. The summed E-state index contributed by atoms with van der Waals surface area (Å²) < 4.78 is 5.48. The van der Waals surface area contributed by atoms with Crippen molar-refractivity contribution in [3.05, 3.63) is 35.4 Å². The fourth-order valence-electron chi connectivity index (χ4n) is 2.67. The first-order valence-corrected chi connectivity index (χ1v) is 7.25. The molecule has 3 nitrogen and oxygen atoms in total. The van der Waals surface area contributed by atoms with E-state index < -0.39 is 0 Å². The lowest BCUT2D eigenvalue weighted by Crippen LogP contribution is -2.41. The number of benzene rings is 1. The summed E-state index contributed by atoms with van der Waals surface area (Å²) in [6.07, 6.45) is 4.51. The van der Waals surface area contributed by atoms with Gasteiger partial charge in [0.05, 0.1) is 6.61 Å². The van der Waals surface area contributed by atoms with Crippen LogP contribution in [0.15, 0.2) is 24.3 Å². The van der Waals surface area contributed by atoms with Crippen molar-refractivity contribution in [3.63, 3.8) is 0 Å². The monoisotopic (exact) mass is 273 g/mol. The van der Waals surface area contributed by atoms with Crippen molar-refractivity contribution in [2.24, 2.45) is 0 Å². The molecule has 2 rings (SSSR count). The molecule has 20 heavy (non-hydrogen) atoms. The summed E-state index contributed by atoms with van der Waals surface area (Å²) in [6, 6.07) is 6.49. The lowest BCUT2D eigenvalue weighted by Gasteiger charge is -2.29. The number of carbonyl (C=O) groups excluding carboxylic acids is 1. The molecule has 0 atom stereocenters. The van der Waals surface area contributed by atoms with E-state index >= 15 is 0 Å². The van der Waals surface area contributed by atoms with E-state index in [1.54, 1.807) is 6.08 Å². The van der Waals surface area contributed by atoms with Crippen molar-refractivity contribution in [2.75, 3.05) is 6.61 Å². The van der Waals surface area contributed by atoms with Crippen LogP contribution in [0.2, 0.25) is 0 Å². The van der Waals surface area contributed by atoms with Gasteiger partial charge in [0.25, 0.3) is 0 Å². The van der Waals surface area contributed by atoms with E-state index in [0.717, 1.165) is 24.3 Å². The zero-order valence-corrected chi connectivity index (χ0v) is 12.7. The van der Waals surface area contributed by atoms with Gasteiger partial charge >= 0.3 is 0 Å². The van der Waals surface area contributed by atoms with Crippen LogP contribution in [0.1, 0.15) is 38.8 Å². The number of carbonyl (C=O) groups is 1. The Morgan fingerprint density at radius 3 is 2.60 bits per heavy atom. The fourth-order valence-corrected chi connectivity index (χ4v) is 2.67. The topological polar surface area (TPSA) is 29.5 Å². The van der Waals surface area contributed by atoms with Gasteiger partial charge in [-0.25, -0.2) is 0 Å². The number of fused-ring (bicyclic) bond motifs is 1. The maximum atomic E-state index is 12.2. The molecule has 3 heteroatoms. The quantitative estimate of drug-likeness (QED) is 0.788. The van der Waals surface area contributed by atoms with Crippen LogP contribution >= 0.6 is 0 Å². The molecule has 108 valence electrons. The van der Waals surface area contributed by atoms with Crippen molar-refractivity contribution in [1.29, 1.82) is 0 Å². The molecule has 0 aliphatic carbocycles. The Balaban J connectivity index is 2.10. The third-order valence-electron chi connectivity index (χ3n) is 3.50. The highest BCUT2D eigenvalue weighted by Gasteiger charge is 2.17. The number of rotatable bonds is 4. The van der Waals surface area contributed by atoms with Crippen LogP contribution in [0, 0.1) is 0 Å². The Bertz CT molecular complexity index is 510. The Hall–Kier alpha value is -1.77. The summed E-state index contributed by atoms with van der Waals surface area (Å²) in [5.74, 6) is 1.03. The van der Waals surface area contributed by atoms with Gasteiger partial charge < -0.3 is 9.64 Å². The van der Waals surface area contributed by atoms with Crippen molar-refractivity contribution in [3.8, 4) is 5.75 Å². The Kier molecular flexibility index (Phi) is 4.48. The van der Waals surface area contributed by atoms with Crippen LogP contribution in [0.3, 0.4) is 0 Å². The molecule has 1 amide bonds. The Labute approximate surface area is 121 Å². The van der Waals surface area contributed by atoms with Crippen LogP contribution in [-0.4, -0.2) is 29.5 Å². The lowest BCUT2D eigenvalue weighted by atomic mass is 10.1. The third kappa shape index (κ3) is 3.21. The summed E-state index contributed by atoms with van der Waals surface area (Å²) in [7, 11) is 0. The molecule has 0 aromatic heterocycles. The molecule has 1 aromatic carbocycles. The van der Waals surface area contributed by atoms with Crippen molar-refractivity contribution >= 4 is 12.0 Å². The minimum atomic E-state index is 0.0618. The number of amides is 1. The van der Waals surface area contributed by atoms with E-state index in [2.05, 4.69) is 6.07 Å². The average molecular weight is 273 g/mol. The normalized spacial score (nSPS) is 13.9.